The van der Waals surface area contributed by atoms with Crippen LogP contribution in [0, 0.1) is 11.8 Å². The Balaban J connectivity index is 1.97. The van der Waals surface area contributed by atoms with Crippen LogP contribution in [0.2, 0.25) is 10.0 Å². The largest absolute Gasteiger partial charge is 0.373 e. The molecule has 2 aromatic rings. The molecule has 0 bridgehead atoms. The summed E-state index contributed by atoms with van der Waals surface area (Å²) in [6.45, 7) is 0.523. The fourth-order valence-corrected chi connectivity index (χ4v) is 1.80. The van der Waals surface area contributed by atoms with E-state index in [1.807, 2.05) is 30.3 Å². The molecular formula is C15H11Cl2N. The average Bonchev–Trinajstić information content (AvgIpc) is 2.40. The Morgan fingerprint density at radius 2 is 1.78 bits per heavy atom. The molecule has 0 amide bonds. The zero-order chi connectivity index (χ0) is 12.8. The van der Waals surface area contributed by atoms with Crippen LogP contribution in [0.3, 0.4) is 0 Å². The van der Waals surface area contributed by atoms with Gasteiger partial charge >= 0.3 is 0 Å². The Morgan fingerprint density at radius 1 is 1.00 bits per heavy atom. The second kappa shape index (κ2) is 6.35. The quantitative estimate of drug-likeness (QED) is 0.799. The van der Waals surface area contributed by atoms with Gasteiger partial charge in [0.2, 0.25) is 0 Å². The molecule has 0 spiro atoms. The monoisotopic (exact) mass is 275 g/mol. The van der Waals surface area contributed by atoms with Crippen molar-refractivity contribution in [2.75, 3.05) is 11.9 Å². The van der Waals surface area contributed by atoms with Gasteiger partial charge in [-0.2, -0.15) is 0 Å². The fraction of sp³-hybridized carbons (Fsp3) is 0.0667. The molecule has 0 aliphatic carbocycles. The minimum atomic E-state index is 0.523. The minimum absolute atomic E-state index is 0.523. The summed E-state index contributed by atoms with van der Waals surface area (Å²) in [5.74, 6) is 6.09. The highest BCUT2D eigenvalue weighted by molar-refractivity contribution is 6.35. The molecule has 2 rings (SSSR count). The van der Waals surface area contributed by atoms with E-state index in [1.165, 1.54) is 0 Å². The molecule has 0 unspecified atom stereocenters. The van der Waals surface area contributed by atoms with E-state index in [0.29, 0.717) is 16.6 Å². The Labute approximate surface area is 117 Å². The van der Waals surface area contributed by atoms with Crippen LogP contribution in [-0.2, 0) is 0 Å². The lowest BCUT2D eigenvalue weighted by Gasteiger charge is -2.04. The van der Waals surface area contributed by atoms with Gasteiger partial charge in [0, 0.05) is 10.6 Å². The second-order valence-electron chi connectivity index (χ2n) is 3.65. The average molecular weight is 276 g/mol. The first-order chi connectivity index (χ1) is 8.75. The number of halogens is 2. The van der Waals surface area contributed by atoms with E-state index in [2.05, 4.69) is 17.2 Å². The molecule has 0 saturated heterocycles. The molecule has 2 aromatic carbocycles. The summed E-state index contributed by atoms with van der Waals surface area (Å²) in [6, 6.07) is 15.1. The molecule has 1 nitrogen and oxygen atoms in total. The summed E-state index contributed by atoms with van der Waals surface area (Å²) in [5.41, 5.74) is 1.79. The van der Waals surface area contributed by atoms with Gasteiger partial charge in [-0.05, 0) is 30.3 Å². The molecule has 3 heteroatoms. The van der Waals surface area contributed by atoms with Crippen molar-refractivity contribution in [1.29, 1.82) is 0 Å². The highest BCUT2D eigenvalue weighted by Gasteiger charge is 1.98. The van der Waals surface area contributed by atoms with Gasteiger partial charge in [-0.15, -0.1) is 0 Å². The summed E-state index contributed by atoms with van der Waals surface area (Å²) in [6.07, 6.45) is 0. The van der Waals surface area contributed by atoms with Gasteiger partial charge in [0.15, 0.2) is 0 Å². The molecule has 0 aromatic heterocycles. The van der Waals surface area contributed by atoms with Crippen molar-refractivity contribution in [1.82, 2.24) is 0 Å². The van der Waals surface area contributed by atoms with Crippen LogP contribution in [0.25, 0.3) is 0 Å². The van der Waals surface area contributed by atoms with Crippen molar-refractivity contribution < 1.29 is 0 Å². The van der Waals surface area contributed by atoms with E-state index >= 15 is 0 Å². The zero-order valence-corrected chi connectivity index (χ0v) is 11.1. The maximum absolute atomic E-state index is 6.02. The number of hydrogen-bond acceptors (Lipinski definition) is 1. The van der Waals surface area contributed by atoms with E-state index in [0.717, 1.165) is 11.3 Å². The molecule has 1 N–H and O–H groups in total. The van der Waals surface area contributed by atoms with Crippen molar-refractivity contribution in [2.45, 2.75) is 0 Å². The van der Waals surface area contributed by atoms with Crippen LogP contribution in [0.5, 0.6) is 0 Å². The standard InChI is InChI=1S/C15H11Cl2N/c16-13-8-9-14(17)15(11-13)18-10-4-7-12-5-2-1-3-6-12/h1-3,5-6,8-9,11,18H,10H2. The summed E-state index contributed by atoms with van der Waals surface area (Å²) in [4.78, 5) is 0. The van der Waals surface area contributed by atoms with Crippen molar-refractivity contribution in [3.63, 3.8) is 0 Å². The summed E-state index contributed by atoms with van der Waals surface area (Å²) < 4.78 is 0. The van der Waals surface area contributed by atoms with Crippen LogP contribution in [0.1, 0.15) is 5.56 Å². The first-order valence-electron chi connectivity index (χ1n) is 5.48. The highest BCUT2D eigenvalue weighted by Crippen LogP contribution is 2.24. The lowest BCUT2D eigenvalue weighted by Crippen LogP contribution is -1.99. The second-order valence-corrected chi connectivity index (χ2v) is 4.49. The SMILES string of the molecule is Clc1ccc(Cl)c(NCC#Cc2ccccc2)c1. The third-order valence-corrected chi connectivity index (χ3v) is 2.87. The predicted octanol–water partition coefficient (Wildman–Crippen LogP) is 4.46. The molecule has 0 heterocycles. The molecule has 0 radical (unpaired) electrons. The fourth-order valence-electron chi connectivity index (χ4n) is 1.44. The smallest absolute Gasteiger partial charge is 0.0770 e. The molecule has 90 valence electrons. The van der Waals surface area contributed by atoms with E-state index in [9.17, 15) is 0 Å². The Hall–Kier alpha value is -1.62. The minimum Gasteiger partial charge on any atom is -0.373 e. The molecule has 0 saturated carbocycles. The molecule has 0 aliphatic rings. The van der Waals surface area contributed by atoms with Crippen molar-refractivity contribution in [3.8, 4) is 11.8 Å². The van der Waals surface area contributed by atoms with Crippen LogP contribution >= 0.6 is 23.2 Å². The molecular weight excluding hydrogens is 265 g/mol. The molecule has 18 heavy (non-hydrogen) atoms. The summed E-state index contributed by atoms with van der Waals surface area (Å²) >= 11 is 11.9. The Bertz CT molecular complexity index is 582. The van der Waals surface area contributed by atoms with E-state index in [4.69, 9.17) is 23.2 Å². The first-order valence-corrected chi connectivity index (χ1v) is 6.24. The van der Waals surface area contributed by atoms with E-state index in [1.54, 1.807) is 18.2 Å². The maximum atomic E-state index is 6.02. The van der Waals surface area contributed by atoms with Crippen molar-refractivity contribution >= 4 is 28.9 Å². The Kier molecular flexibility index (Phi) is 4.52. The van der Waals surface area contributed by atoms with Crippen LogP contribution in [0.15, 0.2) is 48.5 Å². The topological polar surface area (TPSA) is 12.0 Å². The van der Waals surface area contributed by atoms with Crippen LogP contribution in [-0.4, -0.2) is 6.54 Å². The first kappa shape index (κ1) is 12.8. The van der Waals surface area contributed by atoms with Gasteiger partial charge in [-0.1, -0.05) is 53.2 Å². The van der Waals surface area contributed by atoms with Gasteiger partial charge in [-0.25, -0.2) is 0 Å². The van der Waals surface area contributed by atoms with Gasteiger partial charge in [0.05, 0.1) is 17.3 Å². The van der Waals surface area contributed by atoms with Gasteiger partial charge in [0.25, 0.3) is 0 Å². The van der Waals surface area contributed by atoms with Gasteiger partial charge < -0.3 is 5.32 Å². The molecule has 0 atom stereocenters. The maximum Gasteiger partial charge on any atom is 0.0770 e. The number of nitrogens with one attached hydrogen (secondary N) is 1. The van der Waals surface area contributed by atoms with Gasteiger partial charge in [0.1, 0.15) is 0 Å². The zero-order valence-electron chi connectivity index (χ0n) is 9.58. The summed E-state index contributed by atoms with van der Waals surface area (Å²) in [5, 5.41) is 4.42. The van der Waals surface area contributed by atoms with E-state index in [-0.39, 0.29) is 0 Å². The third-order valence-electron chi connectivity index (χ3n) is 2.30. The number of hydrogen-bond donors (Lipinski definition) is 1. The van der Waals surface area contributed by atoms with E-state index < -0.39 is 0 Å². The van der Waals surface area contributed by atoms with Gasteiger partial charge in [-0.3, -0.25) is 0 Å². The Morgan fingerprint density at radius 3 is 2.56 bits per heavy atom. The number of anilines is 1. The normalized spacial score (nSPS) is 9.44. The van der Waals surface area contributed by atoms with Crippen LogP contribution < -0.4 is 5.32 Å². The lowest BCUT2D eigenvalue weighted by molar-refractivity contribution is 1.38. The lowest BCUT2D eigenvalue weighted by atomic mass is 10.2. The number of benzene rings is 2. The molecule has 0 fully saturated rings. The van der Waals surface area contributed by atoms with Crippen LogP contribution in [0.4, 0.5) is 5.69 Å². The highest BCUT2D eigenvalue weighted by atomic mass is 35.5. The predicted molar refractivity (Wildman–Crippen MR) is 78.3 cm³/mol. The number of rotatable bonds is 2. The summed E-state index contributed by atoms with van der Waals surface area (Å²) in [7, 11) is 0. The molecule has 0 aliphatic heterocycles. The van der Waals surface area contributed by atoms with Crippen molar-refractivity contribution in [2.24, 2.45) is 0 Å². The van der Waals surface area contributed by atoms with Crippen molar-refractivity contribution in [3.05, 3.63) is 64.1 Å². The third kappa shape index (κ3) is 3.70.